The molecule has 0 aliphatic heterocycles. The number of halogens is 2. The molecule has 1 atom stereocenters. The van der Waals surface area contributed by atoms with E-state index in [1.54, 1.807) is 6.07 Å². The molecule has 1 aliphatic carbocycles. The van der Waals surface area contributed by atoms with Gasteiger partial charge in [0.1, 0.15) is 11.2 Å². The minimum Gasteiger partial charge on any atom is -0.352 e. The standard InChI is InChI=1S/C12H13ClFNO/c1-7-2-3-8(14)6-10(7)11(13)12(16)15-9-4-5-9/h2-3,6,9,11H,4-5H2,1H3,(H,15,16). The highest BCUT2D eigenvalue weighted by molar-refractivity contribution is 6.30. The van der Waals surface area contributed by atoms with Gasteiger partial charge in [-0.2, -0.15) is 0 Å². The summed E-state index contributed by atoms with van der Waals surface area (Å²) in [6.45, 7) is 1.81. The molecular formula is C12H13ClFNO. The average Bonchev–Trinajstić information content (AvgIpc) is 3.04. The fourth-order valence-corrected chi connectivity index (χ4v) is 1.83. The first-order chi connectivity index (χ1) is 7.58. The monoisotopic (exact) mass is 241 g/mol. The number of hydrogen-bond donors (Lipinski definition) is 1. The first kappa shape index (κ1) is 11.4. The van der Waals surface area contributed by atoms with Crippen LogP contribution in [0.15, 0.2) is 18.2 Å². The Bertz CT molecular complexity index is 417. The van der Waals surface area contributed by atoms with E-state index in [1.165, 1.54) is 12.1 Å². The van der Waals surface area contributed by atoms with Gasteiger partial charge in [-0.1, -0.05) is 6.07 Å². The van der Waals surface area contributed by atoms with Crippen molar-refractivity contribution in [3.63, 3.8) is 0 Å². The second-order valence-corrected chi connectivity index (χ2v) is 4.58. The fourth-order valence-electron chi connectivity index (χ4n) is 1.53. The molecule has 1 saturated carbocycles. The third-order valence-electron chi connectivity index (χ3n) is 2.67. The van der Waals surface area contributed by atoms with Gasteiger partial charge in [-0.05, 0) is 43.0 Å². The van der Waals surface area contributed by atoms with Crippen LogP contribution in [0.25, 0.3) is 0 Å². The molecular weight excluding hydrogens is 229 g/mol. The molecule has 1 aliphatic rings. The van der Waals surface area contributed by atoms with Crippen LogP contribution in [0.3, 0.4) is 0 Å². The van der Waals surface area contributed by atoms with Crippen molar-refractivity contribution in [3.8, 4) is 0 Å². The summed E-state index contributed by atoms with van der Waals surface area (Å²) in [4.78, 5) is 11.7. The van der Waals surface area contributed by atoms with E-state index in [-0.39, 0.29) is 17.8 Å². The van der Waals surface area contributed by atoms with Crippen molar-refractivity contribution in [3.05, 3.63) is 35.1 Å². The third-order valence-corrected chi connectivity index (χ3v) is 3.10. The van der Waals surface area contributed by atoms with E-state index in [2.05, 4.69) is 5.32 Å². The molecule has 1 aromatic carbocycles. The number of rotatable bonds is 3. The zero-order valence-corrected chi connectivity index (χ0v) is 9.72. The summed E-state index contributed by atoms with van der Waals surface area (Å²) in [5.41, 5.74) is 1.37. The van der Waals surface area contributed by atoms with Crippen LogP contribution in [0.4, 0.5) is 4.39 Å². The van der Waals surface area contributed by atoms with Gasteiger partial charge in [0.2, 0.25) is 5.91 Å². The summed E-state index contributed by atoms with van der Waals surface area (Å²) in [6.07, 6.45) is 2.02. The summed E-state index contributed by atoms with van der Waals surface area (Å²) in [6, 6.07) is 4.58. The molecule has 0 spiro atoms. The number of nitrogens with one attached hydrogen (secondary N) is 1. The molecule has 2 rings (SSSR count). The molecule has 0 aromatic heterocycles. The minimum atomic E-state index is -0.809. The van der Waals surface area contributed by atoms with Gasteiger partial charge in [0.15, 0.2) is 0 Å². The maximum Gasteiger partial charge on any atom is 0.242 e. The smallest absolute Gasteiger partial charge is 0.242 e. The van der Waals surface area contributed by atoms with Gasteiger partial charge in [-0.3, -0.25) is 4.79 Å². The number of benzene rings is 1. The lowest BCUT2D eigenvalue weighted by molar-refractivity contribution is -0.121. The Kier molecular flexibility index (Phi) is 3.15. The normalized spacial score (nSPS) is 16.9. The Hall–Kier alpha value is -1.09. The molecule has 0 bridgehead atoms. The van der Waals surface area contributed by atoms with E-state index in [0.29, 0.717) is 5.56 Å². The van der Waals surface area contributed by atoms with Gasteiger partial charge in [-0.25, -0.2) is 4.39 Å². The second-order valence-electron chi connectivity index (χ2n) is 4.15. The highest BCUT2D eigenvalue weighted by Crippen LogP contribution is 2.27. The van der Waals surface area contributed by atoms with Crippen molar-refractivity contribution in [2.24, 2.45) is 0 Å². The van der Waals surface area contributed by atoms with E-state index in [9.17, 15) is 9.18 Å². The number of aryl methyl sites for hydroxylation is 1. The number of hydrogen-bond acceptors (Lipinski definition) is 1. The van der Waals surface area contributed by atoms with Crippen molar-refractivity contribution in [1.29, 1.82) is 0 Å². The number of amides is 1. The maximum absolute atomic E-state index is 13.1. The van der Waals surface area contributed by atoms with Crippen LogP contribution in [-0.2, 0) is 4.79 Å². The summed E-state index contributed by atoms with van der Waals surface area (Å²) < 4.78 is 13.1. The molecule has 0 saturated heterocycles. The number of carbonyl (C=O) groups excluding carboxylic acids is 1. The molecule has 0 heterocycles. The van der Waals surface area contributed by atoms with E-state index in [0.717, 1.165) is 18.4 Å². The molecule has 1 fully saturated rings. The number of alkyl halides is 1. The zero-order chi connectivity index (χ0) is 11.7. The van der Waals surface area contributed by atoms with Crippen LogP contribution in [0.1, 0.15) is 29.3 Å². The van der Waals surface area contributed by atoms with Crippen LogP contribution >= 0.6 is 11.6 Å². The summed E-state index contributed by atoms with van der Waals surface area (Å²) in [5.74, 6) is -0.608. The van der Waals surface area contributed by atoms with E-state index in [1.807, 2.05) is 6.92 Å². The van der Waals surface area contributed by atoms with Crippen LogP contribution in [0, 0.1) is 12.7 Å². The van der Waals surface area contributed by atoms with Crippen molar-refractivity contribution < 1.29 is 9.18 Å². The molecule has 16 heavy (non-hydrogen) atoms. The molecule has 2 nitrogen and oxygen atoms in total. The van der Waals surface area contributed by atoms with Crippen molar-refractivity contribution in [2.45, 2.75) is 31.2 Å². The van der Waals surface area contributed by atoms with E-state index >= 15 is 0 Å². The summed E-state index contributed by atoms with van der Waals surface area (Å²) in [5, 5.41) is 2.00. The second kappa shape index (κ2) is 4.42. The molecule has 4 heteroatoms. The highest BCUT2D eigenvalue weighted by atomic mass is 35.5. The Morgan fingerprint density at radius 2 is 2.25 bits per heavy atom. The van der Waals surface area contributed by atoms with Crippen molar-refractivity contribution in [1.82, 2.24) is 5.32 Å². The van der Waals surface area contributed by atoms with Gasteiger partial charge >= 0.3 is 0 Å². The molecule has 86 valence electrons. The van der Waals surface area contributed by atoms with Crippen LogP contribution < -0.4 is 5.32 Å². The Labute approximate surface area is 98.8 Å². The summed E-state index contributed by atoms with van der Waals surface area (Å²) in [7, 11) is 0. The quantitative estimate of drug-likeness (QED) is 0.810. The maximum atomic E-state index is 13.1. The predicted octanol–water partition coefficient (Wildman–Crippen LogP) is 2.69. The minimum absolute atomic E-state index is 0.238. The van der Waals surface area contributed by atoms with Crippen molar-refractivity contribution in [2.75, 3.05) is 0 Å². The highest BCUT2D eigenvalue weighted by Gasteiger charge is 2.27. The Balaban J connectivity index is 2.14. The van der Waals surface area contributed by atoms with E-state index < -0.39 is 5.38 Å². The lowest BCUT2D eigenvalue weighted by atomic mass is 10.0. The fraction of sp³-hybridized carbons (Fsp3) is 0.417. The topological polar surface area (TPSA) is 29.1 Å². The molecule has 1 aromatic rings. The van der Waals surface area contributed by atoms with Gasteiger partial charge < -0.3 is 5.32 Å². The van der Waals surface area contributed by atoms with Gasteiger partial charge in [0.25, 0.3) is 0 Å². The van der Waals surface area contributed by atoms with Crippen LogP contribution in [0.2, 0.25) is 0 Å². The van der Waals surface area contributed by atoms with Crippen molar-refractivity contribution >= 4 is 17.5 Å². The molecule has 1 unspecified atom stereocenters. The van der Waals surface area contributed by atoms with Gasteiger partial charge in [-0.15, -0.1) is 11.6 Å². The van der Waals surface area contributed by atoms with Crippen LogP contribution in [0.5, 0.6) is 0 Å². The SMILES string of the molecule is Cc1ccc(F)cc1C(Cl)C(=O)NC1CC1. The molecule has 0 radical (unpaired) electrons. The first-order valence-corrected chi connectivity index (χ1v) is 5.72. The average molecular weight is 242 g/mol. The van der Waals surface area contributed by atoms with Crippen LogP contribution in [-0.4, -0.2) is 11.9 Å². The number of carbonyl (C=O) groups is 1. The summed E-state index contributed by atoms with van der Waals surface area (Å²) >= 11 is 6.03. The predicted molar refractivity (Wildman–Crippen MR) is 60.9 cm³/mol. The Morgan fingerprint density at radius 3 is 2.88 bits per heavy atom. The largest absolute Gasteiger partial charge is 0.352 e. The lowest BCUT2D eigenvalue weighted by Gasteiger charge is -2.12. The Morgan fingerprint density at radius 1 is 1.56 bits per heavy atom. The molecule has 1 N–H and O–H groups in total. The third kappa shape index (κ3) is 2.53. The molecule has 1 amide bonds. The van der Waals surface area contributed by atoms with Gasteiger partial charge in [0.05, 0.1) is 0 Å². The first-order valence-electron chi connectivity index (χ1n) is 5.28. The zero-order valence-electron chi connectivity index (χ0n) is 8.97. The lowest BCUT2D eigenvalue weighted by Crippen LogP contribution is -2.29. The van der Waals surface area contributed by atoms with Gasteiger partial charge in [0, 0.05) is 6.04 Å². The van der Waals surface area contributed by atoms with E-state index in [4.69, 9.17) is 11.6 Å².